The molecule has 0 amide bonds. The lowest BCUT2D eigenvalue weighted by molar-refractivity contribution is 0.661. The highest BCUT2D eigenvalue weighted by atomic mass is 14.9. The van der Waals surface area contributed by atoms with E-state index in [9.17, 15) is 0 Å². The van der Waals surface area contributed by atoms with Crippen LogP contribution in [0.25, 0.3) is 66.9 Å². The number of rotatable bonds is 4. The average Bonchev–Trinajstić information content (AvgIpc) is 3.30. The second kappa shape index (κ2) is 9.89. The zero-order chi connectivity index (χ0) is 29.0. The van der Waals surface area contributed by atoms with Crippen LogP contribution in [0.5, 0.6) is 0 Å². The lowest BCUT2D eigenvalue weighted by Crippen LogP contribution is -2.14. The first-order valence-corrected chi connectivity index (χ1v) is 14.8. The van der Waals surface area contributed by atoms with Gasteiger partial charge in [0.25, 0.3) is 0 Å². The zero-order valence-corrected chi connectivity index (χ0v) is 24.3. The molecule has 0 atom stereocenters. The van der Waals surface area contributed by atoms with Crippen LogP contribution in [-0.4, -0.2) is 9.97 Å². The van der Waals surface area contributed by atoms with Gasteiger partial charge in [-0.1, -0.05) is 141 Å². The quantitative estimate of drug-likeness (QED) is 0.218. The van der Waals surface area contributed by atoms with Crippen molar-refractivity contribution >= 4 is 10.8 Å². The molecule has 1 aliphatic rings. The van der Waals surface area contributed by atoms with E-state index in [1.807, 2.05) is 24.3 Å². The van der Waals surface area contributed by atoms with E-state index in [1.54, 1.807) is 0 Å². The number of fused-ring (bicyclic) bond motifs is 4. The van der Waals surface area contributed by atoms with Crippen molar-refractivity contribution in [2.75, 3.05) is 0 Å². The van der Waals surface area contributed by atoms with Gasteiger partial charge in [0.1, 0.15) is 0 Å². The highest BCUT2D eigenvalue weighted by molar-refractivity contribution is 5.98. The standard InChI is InChI=1S/C41H30N2/c1-41(2)35-19-11-18-33(39(35)34-24-31-16-9-10-17-32(31)25-36(34)41)38-26-37(42-40(43-38)30-14-7-4-8-15-30)29-22-20-28(21-23-29)27-12-5-3-6-13-27/h3-26H,1-2H3. The van der Waals surface area contributed by atoms with Gasteiger partial charge in [-0.2, -0.15) is 0 Å². The van der Waals surface area contributed by atoms with Crippen LogP contribution >= 0.6 is 0 Å². The van der Waals surface area contributed by atoms with Crippen LogP contribution in [0, 0.1) is 0 Å². The fourth-order valence-corrected chi connectivity index (χ4v) is 6.60. The topological polar surface area (TPSA) is 25.8 Å². The van der Waals surface area contributed by atoms with Gasteiger partial charge in [0.2, 0.25) is 0 Å². The number of hydrogen-bond donors (Lipinski definition) is 0. The molecular weight excluding hydrogens is 520 g/mol. The molecule has 1 aromatic heterocycles. The van der Waals surface area contributed by atoms with Crippen LogP contribution in [0.2, 0.25) is 0 Å². The Morgan fingerprint density at radius 3 is 1.72 bits per heavy atom. The van der Waals surface area contributed by atoms with Crippen LogP contribution < -0.4 is 0 Å². The molecule has 0 saturated carbocycles. The molecule has 0 saturated heterocycles. The Morgan fingerprint density at radius 2 is 1.00 bits per heavy atom. The van der Waals surface area contributed by atoms with Crippen molar-refractivity contribution in [3.05, 3.63) is 157 Å². The maximum Gasteiger partial charge on any atom is 0.160 e. The maximum atomic E-state index is 5.21. The minimum Gasteiger partial charge on any atom is -0.228 e. The minimum atomic E-state index is -0.115. The molecule has 0 fully saturated rings. The van der Waals surface area contributed by atoms with Gasteiger partial charge in [0.15, 0.2) is 5.82 Å². The second-order valence-electron chi connectivity index (χ2n) is 11.9. The molecule has 204 valence electrons. The van der Waals surface area contributed by atoms with Gasteiger partial charge in [-0.3, -0.25) is 0 Å². The molecule has 2 nitrogen and oxygen atoms in total. The Hall–Kier alpha value is -5.34. The maximum absolute atomic E-state index is 5.21. The first-order valence-electron chi connectivity index (χ1n) is 14.8. The molecule has 0 bridgehead atoms. The number of aromatic nitrogens is 2. The molecule has 0 radical (unpaired) electrons. The highest BCUT2D eigenvalue weighted by Crippen LogP contribution is 2.53. The summed E-state index contributed by atoms with van der Waals surface area (Å²) in [6.07, 6.45) is 0. The molecule has 1 heterocycles. The van der Waals surface area contributed by atoms with Gasteiger partial charge in [-0.15, -0.1) is 0 Å². The molecule has 6 aromatic carbocycles. The largest absolute Gasteiger partial charge is 0.228 e. The van der Waals surface area contributed by atoms with Crippen molar-refractivity contribution in [2.45, 2.75) is 19.3 Å². The first-order chi connectivity index (χ1) is 21.1. The van der Waals surface area contributed by atoms with Crippen molar-refractivity contribution in [3.8, 4) is 56.2 Å². The van der Waals surface area contributed by atoms with Crippen LogP contribution in [0.4, 0.5) is 0 Å². The summed E-state index contributed by atoms with van der Waals surface area (Å²) in [7, 11) is 0. The van der Waals surface area contributed by atoms with E-state index in [-0.39, 0.29) is 5.41 Å². The molecule has 1 aliphatic carbocycles. The van der Waals surface area contributed by atoms with Crippen LogP contribution in [0.1, 0.15) is 25.0 Å². The summed E-state index contributed by atoms with van der Waals surface area (Å²) in [6, 6.07) is 51.7. The molecule has 0 unspecified atom stereocenters. The normalized spacial score (nSPS) is 13.1. The van der Waals surface area contributed by atoms with E-state index in [0.717, 1.165) is 33.9 Å². The summed E-state index contributed by atoms with van der Waals surface area (Å²) in [6.45, 7) is 4.68. The number of hydrogen-bond acceptors (Lipinski definition) is 2. The molecule has 2 heteroatoms. The second-order valence-corrected chi connectivity index (χ2v) is 11.9. The van der Waals surface area contributed by atoms with E-state index in [0.29, 0.717) is 0 Å². The van der Waals surface area contributed by atoms with Crippen LogP contribution in [0.15, 0.2) is 146 Å². The Labute approximate surface area is 252 Å². The van der Waals surface area contributed by atoms with E-state index >= 15 is 0 Å². The molecule has 7 aromatic rings. The smallest absolute Gasteiger partial charge is 0.160 e. The third-order valence-corrected chi connectivity index (χ3v) is 8.89. The SMILES string of the molecule is CC1(C)c2cc3ccccc3cc2-c2c(-c3cc(-c4ccc(-c5ccccc5)cc4)nc(-c4ccccc4)n3)cccc21. The zero-order valence-electron chi connectivity index (χ0n) is 24.3. The Kier molecular flexibility index (Phi) is 5.84. The number of nitrogens with zero attached hydrogens (tertiary/aromatic N) is 2. The monoisotopic (exact) mass is 550 g/mol. The molecule has 0 spiro atoms. The highest BCUT2D eigenvalue weighted by Gasteiger charge is 2.37. The first kappa shape index (κ1) is 25.4. The molecule has 0 N–H and O–H groups in total. The van der Waals surface area contributed by atoms with Crippen LogP contribution in [0.3, 0.4) is 0 Å². The number of benzene rings is 6. The molecule has 0 aliphatic heterocycles. The molecule has 43 heavy (non-hydrogen) atoms. The summed E-state index contributed by atoms with van der Waals surface area (Å²) in [5, 5.41) is 2.53. The van der Waals surface area contributed by atoms with Gasteiger partial charge in [-0.25, -0.2) is 9.97 Å². The fourth-order valence-electron chi connectivity index (χ4n) is 6.60. The lowest BCUT2D eigenvalue weighted by atomic mass is 9.81. The van der Waals surface area contributed by atoms with E-state index in [1.165, 1.54) is 44.2 Å². The predicted octanol–water partition coefficient (Wildman–Crippen LogP) is 10.6. The van der Waals surface area contributed by atoms with E-state index in [2.05, 4.69) is 135 Å². The molecule has 8 rings (SSSR count). The summed E-state index contributed by atoms with van der Waals surface area (Å²) < 4.78 is 0. The third kappa shape index (κ3) is 4.26. The van der Waals surface area contributed by atoms with Gasteiger partial charge in [-0.05, 0) is 62.4 Å². The lowest BCUT2D eigenvalue weighted by Gasteiger charge is -2.22. The third-order valence-electron chi connectivity index (χ3n) is 8.89. The fraction of sp³-hybridized carbons (Fsp3) is 0.0732. The van der Waals surface area contributed by atoms with Crippen LogP contribution in [-0.2, 0) is 5.41 Å². The molecular formula is C41H30N2. The van der Waals surface area contributed by atoms with Crippen molar-refractivity contribution in [1.82, 2.24) is 9.97 Å². The van der Waals surface area contributed by atoms with Gasteiger partial charge < -0.3 is 0 Å². The summed E-state index contributed by atoms with van der Waals surface area (Å²) in [4.78, 5) is 10.3. The van der Waals surface area contributed by atoms with Gasteiger partial charge >= 0.3 is 0 Å². The summed E-state index contributed by atoms with van der Waals surface area (Å²) >= 11 is 0. The summed E-state index contributed by atoms with van der Waals surface area (Å²) in [5.41, 5.74) is 12.6. The average molecular weight is 551 g/mol. The van der Waals surface area contributed by atoms with E-state index in [4.69, 9.17) is 9.97 Å². The van der Waals surface area contributed by atoms with E-state index < -0.39 is 0 Å². The Bertz CT molecular complexity index is 2130. The Balaban J connectivity index is 1.33. The predicted molar refractivity (Wildman–Crippen MR) is 179 cm³/mol. The summed E-state index contributed by atoms with van der Waals surface area (Å²) in [5.74, 6) is 0.730. The van der Waals surface area contributed by atoms with Crippen molar-refractivity contribution in [3.63, 3.8) is 0 Å². The van der Waals surface area contributed by atoms with Gasteiger partial charge in [0, 0.05) is 22.1 Å². The van der Waals surface area contributed by atoms with Gasteiger partial charge in [0.05, 0.1) is 11.4 Å². The Morgan fingerprint density at radius 1 is 0.419 bits per heavy atom. The minimum absolute atomic E-state index is 0.115. The van der Waals surface area contributed by atoms with Crippen molar-refractivity contribution < 1.29 is 0 Å². The van der Waals surface area contributed by atoms with Crippen molar-refractivity contribution in [2.24, 2.45) is 0 Å². The van der Waals surface area contributed by atoms with Crippen molar-refractivity contribution in [1.29, 1.82) is 0 Å².